The van der Waals surface area contributed by atoms with Gasteiger partial charge in [-0.15, -0.1) is 0 Å². The van der Waals surface area contributed by atoms with Gasteiger partial charge in [0.2, 0.25) is 5.91 Å². The van der Waals surface area contributed by atoms with E-state index in [1.54, 1.807) is 11.1 Å². The Balaban J connectivity index is 1.49. The van der Waals surface area contributed by atoms with E-state index >= 15 is 0 Å². The topological polar surface area (TPSA) is 147 Å². The Labute approximate surface area is 198 Å². The number of carbonyl (C=O) groups excluding carboxylic acids is 2. The third kappa shape index (κ3) is 3.84. The molecule has 0 aromatic carbocycles. The van der Waals surface area contributed by atoms with E-state index in [-0.39, 0.29) is 29.1 Å². The minimum atomic E-state index is -2.78. The highest BCUT2D eigenvalue weighted by molar-refractivity contribution is 6.01. The number of imidazole rings is 1. The van der Waals surface area contributed by atoms with E-state index in [0.29, 0.717) is 47.6 Å². The van der Waals surface area contributed by atoms with Crippen LogP contribution in [0.4, 0.5) is 14.5 Å². The predicted octanol–water partition coefficient (Wildman–Crippen LogP) is 2.04. The highest BCUT2D eigenvalue weighted by Crippen LogP contribution is 2.47. The van der Waals surface area contributed by atoms with Gasteiger partial charge >= 0.3 is 6.55 Å². The summed E-state index contributed by atoms with van der Waals surface area (Å²) in [5, 5.41) is 20.6. The summed E-state index contributed by atoms with van der Waals surface area (Å²) in [6.45, 7) is 0.0846. The van der Waals surface area contributed by atoms with Gasteiger partial charge in [-0.3, -0.25) is 9.59 Å². The third-order valence-corrected chi connectivity index (χ3v) is 6.81. The highest BCUT2D eigenvalue weighted by atomic mass is 19.3. The number of anilines is 1. The molecule has 2 amide bonds. The lowest BCUT2D eigenvalue weighted by Crippen LogP contribution is -2.36. The fraction of sp³-hybridized carbons (Fsp3) is 0.455. The smallest absolute Gasteiger partial charge is 0.333 e. The fourth-order valence-electron chi connectivity index (χ4n) is 4.58. The maximum Gasteiger partial charge on any atom is 0.333 e. The Morgan fingerprint density at radius 2 is 2.06 bits per heavy atom. The van der Waals surface area contributed by atoms with E-state index < -0.39 is 17.9 Å². The second-order valence-electron chi connectivity index (χ2n) is 9.00. The summed E-state index contributed by atoms with van der Waals surface area (Å²) >= 11 is 0. The molecule has 1 saturated carbocycles. The molecule has 3 N–H and O–H groups in total. The first-order valence-corrected chi connectivity index (χ1v) is 11.2. The number of alkyl halides is 2. The molecule has 1 aliphatic carbocycles. The maximum absolute atomic E-state index is 12.9. The molecule has 35 heavy (non-hydrogen) atoms. The molecule has 0 spiro atoms. The predicted molar refractivity (Wildman–Crippen MR) is 119 cm³/mol. The molecule has 1 saturated heterocycles. The van der Waals surface area contributed by atoms with Crippen molar-refractivity contribution in [3.05, 3.63) is 30.4 Å². The number of amides is 2. The van der Waals surface area contributed by atoms with E-state index in [1.165, 1.54) is 23.1 Å². The van der Waals surface area contributed by atoms with Crippen LogP contribution in [0.1, 0.15) is 43.1 Å². The molecule has 2 aliphatic rings. The van der Waals surface area contributed by atoms with Crippen molar-refractivity contribution in [3.63, 3.8) is 0 Å². The lowest BCUT2D eigenvalue weighted by molar-refractivity contribution is -0.134. The minimum absolute atomic E-state index is 0.0705. The molecule has 13 heteroatoms. The van der Waals surface area contributed by atoms with Gasteiger partial charge in [0.15, 0.2) is 5.65 Å². The fourth-order valence-corrected chi connectivity index (χ4v) is 4.58. The number of hydrogen-bond acceptors (Lipinski definition) is 7. The Kier molecular flexibility index (Phi) is 5.38. The molecule has 2 fully saturated rings. The molecule has 182 valence electrons. The zero-order valence-electron chi connectivity index (χ0n) is 18.9. The standard InChI is InChI=1S/C22H23F2N9O2/c1-2-12-7-31(20(35)22(11-25)3-4-22)9-15(12)29-17-14(18(26)34)6-28-32-10-16(30-19(17)32)13-5-27-33(8-13)21(23)24/h5-6,8,10,12,15,21,29H,2-4,7,9H2,1H3,(H2,26,34)/t12-,15-/m1/s1. The zero-order valence-corrected chi connectivity index (χ0v) is 18.9. The number of fused-ring (bicyclic) bond motifs is 1. The zero-order chi connectivity index (χ0) is 24.9. The van der Waals surface area contributed by atoms with Gasteiger partial charge in [0, 0.05) is 30.9 Å². The molecule has 11 nitrogen and oxygen atoms in total. The van der Waals surface area contributed by atoms with E-state index in [0.717, 1.165) is 6.42 Å². The maximum atomic E-state index is 12.9. The highest BCUT2D eigenvalue weighted by Gasteiger charge is 2.54. The number of nitriles is 1. The first-order chi connectivity index (χ1) is 16.8. The van der Waals surface area contributed by atoms with Gasteiger partial charge in [0.25, 0.3) is 5.91 Å². The minimum Gasteiger partial charge on any atom is -0.376 e. The molecular weight excluding hydrogens is 460 g/mol. The van der Waals surface area contributed by atoms with E-state index in [4.69, 9.17) is 5.73 Å². The largest absolute Gasteiger partial charge is 0.376 e. The first-order valence-electron chi connectivity index (χ1n) is 11.2. The second-order valence-corrected chi connectivity index (χ2v) is 9.00. The number of hydrogen-bond donors (Lipinski definition) is 2. The summed E-state index contributed by atoms with van der Waals surface area (Å²) in [5.74, 6) is -0.795. The van der Waals surface area contributed by atoms with Crippen molar-refractivity contribution in [3.8, 4) is 17.3 Å². The number of halogens is 2. The number of carbonyl (C=O) groups is 2. The number of nitrogens with two attached hydrogens (primary N) is 1. The van der Waals surface area contributed by atoms with E-state index in [1.807, 2.05) is 6.92 Å². The molecule has 0 radical (unpaired) electrons. The molecular formula is C22H23F2N9O2. The number of likely N-dealkylation sites (tertiary alicyclic amines) is 1. The van der Waals surface area contributed by atoms with Gasteiger partial charge in [-0.2, -0.15) is 24.2 Å². The average molecular weight is 483 g/mol. The molecule has 1 aliphatic heterocycles. The first kappa shape index (κ1) is 22.7. The third-order valence-electron chi connectivity index (χ3n) is 6.81. The van der Waals surface area contributed by atoms with Gasteiger partial charge in [-0.1, -0.05) is 6.92 Å². The lowest BCUT2D eigenvalue weighted by atomic mass is 10.0. The van der Waals surface area contributed by atoms with Crippen molar-refractivity contribution < 1.29 is 18.4 Å². The Hall–Kier alpha value is -4.08. The van der Waals surface area contributed by atoms with Crippen LogP contribution in [0, 0.1) is 22.7 Å². The van der Waals surface area contributed by atoms with E-state index in [9.17, 15) is 23.6 Å². The quantitative estimate of drug-likeness (QED) is 0.523. The van der Waals surface area contributed by atoms with Gasteiger partial charge in [0.05, 0.1) is 41.6 Å². The molecule has 3 aromatic heterocycles. The monoisotopic (exact) mass is 483 g/mol. The average Bonchev–Trinajstić information content (AvgIpc) is 3.19. The van der Waals surface area contributed by atoms with Crippen LogP contribution in [0.5, 0.6) is 0 Å². The van der Waals surface area contributed by atoms with Crippen molar-refractivity contribution >= 4 is 23.1 Å². The molecule has 5 rings (SSSR count). The van der Waals surface area contributed by atoms with Crippen LogP contribution in [-0.4, -0.2) is 60.2 Å². The number of nitrogens with zero attached hydrogens (tertiary/aromatic N) is 7. The summed E-state index contributed by atoms with van der Waals surface area (Å²) in [6.07, 6.45) is 7.22. The van der Waals surface area contributed by atoms with Crippen LogP contribution < -0.4 is 11.1 Å². The van der Waals surface area contributed by atoms with Gasteiger partial charge < -0.3 is 16.0 Å². The summed E-state index contributed by atoms with van der Waals surface area (Å²) in [7, 11) is 0. The number of nitrogens with one attached hydrogen (secondary N) is 1. The molecule has 3 aromatic rings. The van der Waals surface area contributed by atoms with Crippen LogP contribution in [0.15, 0.2) is 24.8 Å². The SMILES string of the molecule is CC[C@@H]1CN(C(=O)C2(C#N)CC2)C[C@H]1Nc1c(C(N)=O)cnn2cc(-c3cnn(C(F)F)c3)nc12. The number of rotatable bonds is 7. The van der Waals surface area contributed by atoms with E-state index in [2.05, 4.69) is 26.6 Å². The van der Waals surface area contributed by atoms with Crippen molar-refractivity contribution in [1.82, 2.24) is 29.3 Å². The summed E-state index contributed by atoms with van der Waals surface area (Å²) in [6, 6.07) is 1.94. The Morgan fingerprint density at radius 3 is 2.66 bits per heavy atom. The summed E-state index contributed by atoms with van der Waals surface area (Å²) in [4.78, 5) is 31.4. The number of aromatic nitrogens is 5. The normalized spacial score (nSPS) is 20.8. The van der Waals surface area contributed by atoms with Crippen LogP contribution >= 0.6 is 0 Å². The van der Waals surface area contributed by atoms with Gasteiger partial charge in [-0.25, -0.2) is 14.2 Å². The van der Waals surface area contributed by atoms with Crippen molar-refractivity contribution in [2.75, 3.05) is 18.4 Å². The summed E-state index contributed by atoms with van der Waals surface area (Å²) < 4.78 is 27.8. The lowest BCUT2D eigenvalue weighted by Gasteiger charge is -2.21. The molecule has 0 unspecified atom stereocenters. The molecule has 4 heterocycles. The van der Waals surface area contributed by atoms with Gasteiger partial charge in [0.1, 0.15) is 5.41 Å². The van der Waals surface area contributed by atoms with Crippen LogP contribution in [0.25, 0.3) is 16.9 Å². The molecule has 2 atom stereocenters. The Bertz CT molecular complexity index is 1350. The van der Waals surface area contributed by atoms with Crippen LogP contribution in [0.3, 0.4) is 0 Å². The van der Waals surface area contributed by atoms with Crippen LogP contribution in [-0.2, 0) is 4.79 Å². The second kappa shape index (κ2) is 8.30. The molecule has 0 bridgehead atoms. The van der Waals surface area contributed by atoms with Crippen molar-refractivity contribution in [2.45, 2.75) is 38.8 Å². The number of primary amides is 1. The summed E-state index contributed by atoms with van der Waals surface area (Å²) in [5.41, 5.74) is 6.15. The van der Waals surface area contributed by atoms with Crippen molar-refractivity contribution in [1.29, 1.82) is 5.26 Å². The Morgan fingerprint density at radius 1 is 1.29 bits per heavy atom. The van der Waals surface area contributed by atoms with Crippen LogP contribution in [0.2, 0.25) is 0 Å². The van der Waals surface area contributed by atoms with Crippen molar-refractivity contribution in [2.24, 2.45) is 17.1 Å². The van der Waals surface area contributed by atoms with Gasteiger partial charge in [-0.05, 0) is 25.2 Å².